The molecule has 23 heavy (non-hydrogen) atoms. The molecule has 0 aromatic heterocycles. The smallest absolute Gasteiger partial charge is 0.319 e. The number of anilines is 1. The van der Waals surface area contributed by atoms with Gasteiger partial charge in [0.15, 0.2) is 0 Å². The second kappa shape index (κ2) is 9.02. The lowest BCUT2D eigenvalue weighted by Gasteiger charge is -2.19. The fourth-order valence-electron chi connectivity index (χ4n) is 1.82. The van der Waals surface area contributed by atoms with Gasteiger partial charge in [-0.3, -0.25) is 4.79 Å². The van der Waals surface area contributed by atoms with Crippen LogP contribution in [-0.4, -0.2) is 30.1 Å². The largest absolute Gasteiger partial charge is 0.489 e. The maximum atomic E-state index is 12.1. The fourth-order valence-corrected chi connectivity index (χ4v) is 1.82. The molecule has 0 aliphatic heterocycles. The van der Waals surface area contributed by atoms with E-state index in [2.05, 4.69) is 16.0 Å². The molecule has 6 heteroatoms. The van der Waals surface area contributed by atoms with Crippen molar-refractivity contribution < 1.29 is 14.3 Å². The average Bonchev–Trinajstić information content (AvgIpc) is 2.48. The van der Waals surface area contributed by atoms with Crippen molar-refractivity contribution in [2.45, 2.75) is 59.2 Å². The molecule has 0 radical (unpaired) electrons. The zero-order valence-corrected chi connectivity index (χ0v) is 14.5. The summed E-state index contributed by atoms with van der Waals surface area (Å²) in [6.45, 7) is 9.38. The zero-order valence-electron chi connectivity index (χ0n) is 14.5. The van der Waals surface area contributed by atoms with Gasteiger partial charge in [-0.05, 0) is 46.2 Å². The number of rotatable bonds is 7. The van der Waals surface area contributed by atoms with Gasteiger partial charge in [0.05, 0.1) is 11.8 Å². The third-order valence-corrected chi connectivity index (χ3v) is 3.24. The Hall–Kier alpha value is -2.24. The number of hydrogen-bond donors (Lipinski definition) is 3. The molecule has 1 rings (SSSR count). The van der Waals surface area contributed by atoms with Gasteiger partial charge in [0, 0.05) is 6.04 Å². The zero-order chi connectivity index (χ0) is 17.4. The van der Waals surface area contributed by atoms with Gasteiger partial charge < -0.3 is 20.7 Å². The summed E-state index contributed by atoms with van der Waals surface area (Å²) in [6, 6.07) is 6.19. The van der Waals surface area contributed by atoms with Crippen molar-refractivity contribution in [1.29, 1.82) is 0 Å². The van der Waals surface area contributed by atoms with E-state index in [0.717, 1.165) is 6.42 Å². The minimum absolute atomic E-state index is 0.00115. The molecule has 0 aliphatic carbocycles. The minimum Gasteiger partial charge on any atom is -0.489 e. The first kappa shape index (κ1) is 18.8. The lowest BCUT2D eigenvalue weighted by atomic mass is 10.2. The van der Waals surface area contributed by atoms with E-state index in [1.807, 2.05) is 39.8 Å². The SMILES string of the molecule is CC[C@H](C)NC(=O)[C@H](C)NC(=O)Nc1ccccc1OC(C)C. The number of nitrogens with one attached hydrogen (secondary N) is 3. The Balaban J connectivity index is 2.61. The molecule has 0 heterocycles. The molecule has 0 unspecified atom stereocenters. The first-order valence-electron chi connectivity index (χ1n) is 7.97. The second-order valence-corrected chi connectivity index (χ2v) is 5.80. The molecule has 0 bridgehead atoms. The predicted octanol–water partition coefficient (Wildman–Crippen LogP) is 2.90. The fraction of sp³-hybridized carbons (Fsp3) is 0.529. The summed E-state index contributed by atoms with van der Waals surface area (Å²) in [5.41, 5.74) is 0.563. The van der Waals surface area contributed by atoms with E-state index in [1.54, 1.807) is 19.1 Å². The van der Waals surface area contributed by atoms with E-state index in [0.29, 0.717) is 11.4 Å². The number of urea groups is 1. The van der Waals surface area contributed by atoms with Gasteiger partial charge >= 0.3 is 6.03 Å². The van der Waals surface area contributed by atoms with E-state index in [1.165, 1.54) is 0 Å². The lowest BCUT2D eigenvalue weighted by Crippen LogP contribution is -2.48. The molecule has 0 saturated carbocycles. The summed E-state index contributed by atoms with van der Waals surface area (Å²) >= 11 is 0. The van der Waals surface area contributed by atoms with Crippen molar-refractivity contribution in [3.05, 3.63) is 24.3 Å². The minimum atomic E-state index is -0.623. The maximum absolute atomic E-state index is 12.1. The molecule has 0 saturated heterocycles. The van der Waals surface area contributed by atoms with E-state index in [-0.39, 0.29) is 18.1 Å². The Bertz CT molecular complexity index is 532. The summed E-state index contributed by atoms with van der Waals surface area (Å²) in [6.07, 6.45) is 0.839. The Kier molecular flexibility index (Phi) is 7.38. The average molecular weight is 321 g/mol. The topological polar surface area (TPSA) is 79.5 Å². The van der Waals surface area contributed by atoms with Crippen LogP contribution in [0.4, 0.5) is 10.5 Å². The van der Waals surface area contributed by atoms with Crippen LogP contribution >= 0.6 is 0 Å². The third kappa shape index (κ3) is 6.59. The Morgan fingerprint density at radius 3 is 2.35 bits per heavy atom. The normalized spacial score (nSPS) is 13.1. The van der Waals surface area contributed by atoms with Gasteiger partial charge in [-0.25, -0.2) is 4.79 Å². The van der Waals surface area contributed by atoms with Gasteiger partial charge in [-0.15, -0.1) is 0 Å². The van der Waals surface area contributed by atoms with Gasteiger partial charge in [-0.2, -0.15) is 0 Å². The van der Waals surface area contributed by atoms with Crippen LogP contribution in [0.5, 0.6) is 5.75 Å². The number of benzene rings is 1. The summed E-state index contributed by atoms with van der Waals surface area (Å²) in [5, 5.41) is 8.16. The molecule has 0 fully saturated rings. The second-order valence-electron chi connectivity index (χ2n) is 5.80. The number of carbonyl (C=O) groups is 2. The van der Waals surface area contributed by atoms with Crippen LogP contribution in [0.3, 0.4) is 0 Å². The highest BCUT2D eigenvalue weighted by atomic mass is 16.5. The van der Waals surface area contributed by atoms with Crippen molar-refractivity contribution in [3.63, 3.8) is 0 Å². The first-order valence-corrected chi connectivity index (χ1v) is 7.97. The standard InChI is InChI=1S/C17H27N3O3/c1-6-12(4)18-16(21)13(5)19-17(22)20-14-9-7-8-10-15(14)23-11(2)3/h7-13H,6H2,1-5H3,(H,18,21)(H2,19,20,22)/t12-,13-/m0/s1. The van der Waals surface area contributed by atoms with E-state index >= 15 is 0 Å². The summed E-state index contributed by atoms with van der Waals surface area (Å²) < 4.78 is 5.64. The first-order chi connectivity index (χ1) is 10.8. The molecular weight excluding hydrogens is 294 g/mol. The Morgan fingerprint density at radius 2 is 1.74 bits per heavy atom. The lowest BCUT2D eigenvalue weighted by molar-refractivity contribution is -0.123. The number of ether oxygens (including phenoxy) is 1. The highest BCUT2D eigenvalue weighted by Gasteiger charge is 2.17. The van der Waals surface area contributed by atoms with Crippen LogP contribution in [0.25, 0.3) is 0 Å². The molecule has 6 nitrogen and oxygen atoms in total. The number of para-hydroxylation sites is 2. The molecular formula is C17H27N3O3. The van der Waals surface area contributed by atoms with E-state index in [9.17, 15) is 9.59 Å². The summed E-state index contributed by atoms with van der Waals surface area (Å²) in [5.74, 6) is 0.385. The van der Waals surface area contributed by atoms with Crippen LogP contribution in [0, 0.1) is 0 Å². The highest BCUT2D eigenvalue weighted by molar-refractivity contribution is 5.94. The van der Waals surface area contributed by atoms with Crippen LogP contribution in [0.15, 0.2) is 24.3 Å². The number of hydrogen-bond acceptors (Lipinski definition) is 3. The van der Waals surface area contributed by atoms with Gasteiger partial charge in [-0.1, -0.05) is 19.1 Å². The van der Waals surface area contributed by atoms with Crippen molar-refractivity contribution in [3.8, 4) is 5.75 Å². The molecule has 3 N–H and O–H groups in total. The number of carbonyl (C=O) groups excluding carboxylic acids is 2. The highest BCUT2D eigenvalue weighted by Crippen LogP contribution is 2.24. The van der Waals surface area contributed by atoms with Crippen molar-refractivity contribution in [2.24, 2.45) is 0 Å². The molecule has 128 valence electrons. The molecule has 1 aromatic carbocycles. The van der Waals surface area contributed by atoms with Crippen molar-refractivity contribution in [1.82, 2.24) is 10.6 Å². The molecule has 3 amide bonds. The van der Waals surface area contributed by atoms with Crippen LogP contribution in [0.2, 0.25) is 0 Å². The summed E-state index contributed by atoms with van der Waals surface area (Å²) in [4.78, 5) is 24.0. The third-order valence-electron chi connectivity index (χ3n) is 3.24. The van der Waals surface area contributed by atoms with E-state index < -0.39 is 12.1 Å². The monoisotopic (exact) mass is 321 g/mol. The van der Waals surface area contributed by atoms with Crippen molar-refractivity contribution >= 4 is 17.6 Å². The molecule has 0 aliphatic rings. The van der Waals surface area contributed by atoms with Gasteiger partial charge in [0.1, 0.15) is 11.8 Å². The van der Waals surface area contributed by atoms with Crippen LogP contribution in [0.1, 0.15) is 41.0 Å². The molecule has 2 atom stereocenters. The predicted molar refractivity (Wildman–Crippen MR) is 91.7 cm³/mol. The molecule has 1 aromatic rings. The van der Waals surface area contributed by atoms with Crippen LogP contribution < -0.4 is 20.7 Å². The van der Waals surface area contributed by atoms with Gasteiger partial charge in [0.25, 0.3) is 0 Å². The summed E-state index contributed by atoms with van der Waals surface area (Å²) in [7, 11) is 0. The number of amides is 3. The van der Waals surface area contributed by atoms with Crippen molar-refractivity contribution in [2.75, 3.05) is 5.32 Å². The Morgan fingerprint density at radius 1 is 1.09 bits per heavy atom. The maximum Gasteiger partial charge on any atom is 0.319 e. The van der Waals surface area contributed by atoms with Gasteiger partial charge in [0.2, 0.25) is 5.91 Å². The molecule has 0 spiro atoms. The van der Waals surface area contributed by atoms with E-state index in [4.69, 9.17) is 4.74 Å². The van der Waals surface area contributed by atoms with Crippen LogP contribution in [-0.2, 0) is 4.79 Å². The Labute approximate surface area is 138 Å². The quantitative estimate of drug-likeness (QED) is 0.722.